The van der Waals surface area contributed by atoms with E-state index in [1.165, 1.54) is 25.7 Å². The average Bonchev–Trinajstić information content (AvgIpc) is 2.20. The maximum Gasteiger partial charge on any atom is 0.255 e. The van der Waals surface area contributed by atoms with E-state index in [0.717, 1.165) is 23.7 Å². The van der Waals surface area contributed by atoms with Gasteiger partial charge in [0.05, 0.1) is 5.56 Å². The van der Waals surface area contributed by atoms with Gasteiger partial charge in [-0.15, -0.1) is 0 Å². The van der Waals surface area contributed by atoms with Crippen LogP contribution < -0.4 is 10.9 Å². The van der Waals surface area contributed by atoms with E-state index in [4.69, 9.17) is 0 Å². The Bertz CT molecular complexity index is 463. The Morgan fingerprint density at radius 3 is 2.72 bits per heavy atom. The van der Waals surface area contributed by atoms with Gasteiger partial charge in [-0.2, -0.15) is 0 Å². The van der Waals surface area contributed by atoms with E-state index in [1.807, 2.05) is 20.8 Å². The Morgan fingerprint density at radius 2 is 2.17 bits per heavy atom. The molecule has 0 spiro atoms. The van der Waals surface area contributed by atoms with E-state index < -0.39 is 0 Å². The summed E-state index contributed by atoms with van der Waals surface area (Å²) >= 11 is 0. The quantitative estimate of drug-likeness (QED) is 0.841. The molecule has 1 aromatic rings. The molecule has 1 aliphatic rings. The summed E-state index contributed by atoms with van der Waals surface area (Å²) in [6, 6.07) is 0.0712. The van der Waals surface area contributed by atoms with Crippen LogP contribution in [-0.2, 0) is 0 Å². The van der Waals surface area contributed by atoms with Gasteiger partial charge in [-0.05, 0) is 39.7 Å². The minimum Gasteiger partial charge on any atom is -0.310 e. The molecule has 2 N–H and O–H groups in total. The lowest BCUT2D eigenvalue weighted by Crippen LogP contribution is -2.30. The number of aromatic nitrogens is 2. The maximum atomic E-state index is 11.9. The first kappa shape index (κ1) is 13.3. The molecule has 0 radical (unpaired) electrons. The SMILES string of the molecule is Cc1nc(C)c(C(C)NCCC2CCC2)c(=O)[nH]1. The maximum absolute atomic E-state index is 11.9. The molecule has 4 nitrogen and oxygen atoms in total. The number of aromatic amines is 1. The second-order valence-corrected chi connectivity index (χ2v) is 5.41. The molecular formula is C14H23N3O. The van der Waals surface area contributed by atoms with Crippen LogP contribution in [0.3, 0.4) is 0 Å². The molecule has 0 aliphatic heterocycles. The van der Waals surface area contributed by atoms with Crippen LogP contribution in [0.2, 0.25) is 0 Å². The Kier molecular flexibility index (Phi) is 4.17. The normalized spacial score (nSPS) is 17.5. The molecule has 18 heavy (non-hydrogen) atoms. The third-order valence-corrected chi connectivity index (χ3v) is 3.93. The first-order valence-electron chi connectivity index (χ1n) is 6.88. The highest BCUT2D eigenvalue weighted by atomic mass is 16.1. The zero-order valence-electron chi connectivity index (χ0n) is 11.5. The monoisotopic (exact) mass is 249 g/mol. The van der Waals surface area contributed by atoms with Crippen molar-refractivity contribution in [2.24, 2.45) is 5.92 Å². The molecule has 1 aromatic heterocycles. The highest BCUT2D eigenvalue weighted by Crippen LogP contribution is 2.28. The molecule has 1 heterocycles. The molecule has 100 valence electrons. The Hall–Kier alpha value is -1.16. The number of hydrogen-bond acceptors (Lipinski definition) is 3. The molecule has 0 saturated heterocycles. The molecule has 1 aliphatic carbocycles. The molecule has 1 atom stereocenters. The van der Waals surface area contributed by atoms with E-state index in [-0.39, 0.29) is 11.6 Å². The fourth-order valence-electron chi connectivity index (χ4n) is 2.63. The van der Waals surface area contributed by atoms with Gasteiger partial charge in [-0.3, -0.25) is 4.79 Å². The van der Waals surface area contributed by atoms with Crippen molar-refractivity contribution in [2.75, 3.05) is 6.54 Å². The van der Waals surface area contributed by atoms with Gasteiger partial charge in [0, 0.05) is 11.7 Å². The summed E-state index contributed by atoms with van der Waals surface area (Å²) in [6.45, 7) is 6.74. The van der Waals surface area contributed by atoms with Crippen LogP contribution in [-0.4, -0.2) is 16.5 Å². The summed E-state index contributed by atoms with van der Waals surface area (Å²) in [5, 5.41) is 3.44. The average molecular weight is 249 g/mol. The first-order chi connectivity index (χ1) is 8.58. The minimum absolute atomic E-state index is 0.0105. The summed E-state index contributed by atoms with van der Waals surface area (Å²) in [4.78, 5) is 19.0. The van der Waals surface area contributed by atoms with Crippen LogP contribution >= 0.6 is 0 Å². The van der Waals surface area contributed by atoms with Gasteiger partial charge < -0.3 is 10.3 Å². The van der Waals surface area contributed by atoms with Crippen molar-refractivity contribution in [3.05, 3.63) is 27.4 Å². The van der Waals surface area contributed by atoms with Crippen LogP contribution in [0.4, 0.5) is 0 Å². The summed E-state index contributed by atoms with van der Waals surface area (Å²) in [6.07, 6.45) is 5.37. The predicted molar refractivity (Wildman–Crippen MR) is 72.7 cm³/mol. The van der Waals surface area contributed by atoms with Gasteiger partial charge in [-0.1, -0.05) is 19.3 Å². The van der Waals surface area contributed by atoms with Gasteiger partial charge in [0.15, 0.2) is 0 Å². The van der Waals surface area contributed by atoms with Crippen molar-refractivity contribution in [1.82, 2.24) is 15.3 Å². The standard InChI is InChI=1S/C14H23N3O/c1-9(15-8-7-12-5-4-6-12)13-10(2)16-11(3)17-14(13)18/h9,12,15H,4-8H2,1-3H3,(H,16,17,18). The largest absolute Gasteiger partial charge is 0.310 e. The van der Waals surface area contributed by atoms with E-state index in [0.29, 0.717) is 5.82 Å². The highest BCUT2D eigenvalue weighted by molar-refractivity contribution is 5.19. The van der Waals surface area contributed by atoms with Gasteiger partial charge in [-0.25, -0.2) is 4.98 Å². The smallest absolute Gasteiger partial charge is 0.255 e. The van der Waals surface area contributed by atoms with Crippen molar-refractivity contribution in [1.29, 1.82) is 0 Å². The van der Waals surface area contributed by atoms with Crippen LogP contribution in [0.25, 0.3) is 0 Å². The molecule has 0 amide bonds. The van der Waals surface area contributed by atoms with Crippen LogP contribution in [0.1, 0.15) is 55.7 Å². The number of nitrogens with zero attached hydrogens (tertiary/aromatic N) is 1. The number of aryl methyl sites for hydroxylation is 2. The summed E-state index contributed by atoms with van der Waals surface area (Å²) in [7, 11) is 0. The Labute approximate surface area is 108 Å². The zero-order chi connectivity index (χ0) is 13.1. The van der Waals surface area contributed by atoms with Crippen LogP contribution in [0.5, 0.6) is 0 Å². The molecule has 0 aromatic carbocycles. The first-order valence-corrected chi connectivity index (χ1v) is 6.88. The lowest BCUT2D eigenvalue weighted by molar-refractivity contribution is 0.288. The van der Waals surface area contributed by atoms with Crippen LogP contribution in [0.15, 0.2) is 4.79 Å². The number of rotatable bonds is 5. The number of nitrogens with one attached hydrogen (secondary N) is 2. The number of H-pyrrole nitrogens is 1. The topological polar surface area (TPSA) is 57.8 Å². The lowest BCUT2D eigenvalue weighted by atomic mass is 9.83. The van der Waals surface area contributed by atoms with Crippen molar-refractivity contribution in [3.8, 4) is 0 Å². The highest BCUT2D eigenvalue weighted by Gasteiger charge is 2.18. The molecule has 4 heteroatoms. The van der Waals surface area contributed by atoms with Crippen molar-refractivity contribution in [2.45, 2.75) is 52.5 Å². The van der Waals surface area contributed by atoms with Gasteiger partial charge in [0.25, 0.3) is 5.56 Å². The van der Waals surface area contributed by atoms with Crippen molar-refractivity contribution >= 4 is 0 Å². The van der Waals surface area contributed by atoms with E-state index in [9.17, 15) is 4.79 Å². The van der Waals surface area contributed by atoms with Crippen molar-refractivity contribution < 1.29 is 0 Å². The van der Waals surface area contributed by atoms with Crippen LogP contribution in [0, 0.1) is 19.8 Å². The van der Waals surface area contributed by atoms with E-state index >= 15 is 0 Å². The molecular weight excluding hydrogens is 226 g/mol. The molecule has 0 bridgehead atoms. The van der Waals surface area contributed by atoms with Gasteiger partial charge in [0.2, 0.25) is 0 Å². The predicted octanol–water partition coefficient (Wildman–Crippen LogP) is 2.23. The Balaban J connectivity index is 1.95. The molecule has 2 rings (SSSR count). The number of hydrogen-bond donors (Lipinski definition) is 2. The molecule has 1 saturated carbocycles. The van der Waals surface area contributed by atoms with E-state index in [1.54, 1.807) is 0 Å². The summed E-state index contributed by atoms with van der Waals surface area (Å²) < 4.78 is 0. The summed E-state index contributed by atoms with van der Waals surface area (Å²) in [5.41, 5.74) is 1.60. The second-order valence-electron chi connectivity index (χ2n) is 5.41. The molecule has 1 fully saturated rings. The third kappa shape index (κ3) is 2.99. The zero-order valence-corrected chi connectivity index (χ0v) is 11.5. The van der Waals surface area contributed by atoms with Gasteiger partial charge >= 0.3 is 0 Å². The fourth-order valence-corrected chi connectivity index (χ4v) is 2.63. The van der Waals surface area contributed by atoms with E-state index in [2.05, 4.69) is 15.3 Å². The van der Waals surface area contributed by atoms with Gasteiger partial charge in [0.1, 0.15) is 5.82 Å². The fraction of sp³-hybridized carbons (Fsp3) is 0.714. The Morgan fingerprint density at radius 1 is 1.44 bits per heavy atom. The third-order valence-electron chi connectivity index (χ3n) is 3.93. The minimum atomic E-state index is -0.0105. The lowest BCUT2D eigenvalue weighted by Gasteiger charge is -2.26. The molecule has 1 unspecified atom stereocenters. The van der Waals surface area contributed by atoms with Crippen molar-refractivity contribution in [3.63, 3.8) is 0 Å². The summed E-state index contributed by atoms with van der Waals surface area (Å²) in [5.74, 6) is 1.59. The second kappa shape index (κ2) is 5.65.